The predicted octanol–water partition coefficient (Wildman–Crippen LogP) is 0.757. The fourth-order valence-corrected chi connectivity index (χ4v) is 2.09. The summed E-state index contributed by atoms with van der Waals surface area (Å²) in [7, 11) is 0. The molecule has 12 heavy (non-hydrogen) atoms. The Labute approximate surface area is 72.5 Å². The normalized spacial score (nSPS) is 29.6. The maximum absolute atomic E-state index is 11.9. The molecule has 0 aromatic heterocycles. The van der Waals surface area contributed by atoms with Gasteiger partial charge in [0.05, 0.1) is 0 Å². The van der Waals surface area contributed by atoms with E-state index in [1.807, 2.05) is 0 Å². The molecule has 0 aromatic rings. The topological polar surface area (TPSA) is 49.3 Å². The Morgan fingerprint density at radius 3 is 2.83 bits per heavy atom. The zero-order valence-corrected chi connectivity index (χ0v) is 6.98. The highest BCUT2D eigenvalue weighted by atomic mass is 32.2. The van der Waals surface area contributed by atoms with Crippen molar-refractivity contribution in [3.63, 3.8) is 0 Å². The first-order chi connectivity index (χ1) is 5.61. The number of carboxylic acids is 1. The van der Waals surface area contributed by atoms with Crippen molar-refractivity contribution < 1.29 is 18.7 Å². The van der Waals surface area contributed by atoms with Crippen LogP contribution in [0.5, 0.6) is 0 Å². The molecule has 70 valence electrons. The molecule has 0 bridgehead atoms. The summed E-state index contributed by atoms with van der Waals surface area (Å²) in [6, 6.07) is -0.816. The fourth-order valence-electron chi connectivity index (χ4n) is 1.20. The van der Waals surface area contributed by atoms with Crippen LogP contribution in [0.1, 0.15) is 6.42 Å². The van der Waals surface area contributed by atoms with Gasteiger partial charge in [-0.15, -0.1) is 0 Å². The van der Waals surface area contributed by atoms with Gasteiger partial charge in [0, 0.05) is 5.25 Å². The first-order valence-corrected chi connectivity index (χ1v) is 4.45. The van der Waals surface area contributed by atoms with Crippen molar-refractivity contribution >= 4 is 17.7 Å². The van der Waals surface area contributed by atoms with Gasteiger partial charge in [-0.05, 0) is 13.0 Å². The van der Waals surface area contributed by atoms with Crippen LogP contribution in [-0.4, -0.2) is 34.7 Å². The Kier molecular flexibility index (Phi) is 3.28. The van der Waals surface area contributed by atoms with Gasteiger partial charge in [0.25, 0.3) is 5.76 Å². The maximum Gasteiger partial charge on any atom is 0.321 e. The molecule has 0 aromatic carbocycles. The van der Waals surface area contributed by atoms with Crippen LogP contribution in [0.2, 0.25) is 0 Å². The van der Waals surface area contributed by atoms with Crippen LogP contribution in [0.4, 0.5) is 8.78 Å². The summed E-state index contributed by atoms with van der Waals surface area (Å²) in [6.45, 7) is 0.501. The third-order valence-electron chi connectivity index (χ3n) is 1.71. The molecule has 0 radical (unpaired) electrons. The van der Waals surface area contributed by atoms with E-state index in [2.05, 4.69) is 5.32 Å². The smallest absolute Gasteiger partial charge is 0.321 e. The zero-order chi connectivity index (χ0) is 9.14. The van der Waals surface area contributed by atoms with Crippen molar-refractivity contribution in [1.82, 2.24) is 5.32 Å². The van der Waals surface area contributed by atoms with E-state index >= 15 is 0 Å². The molecule has 3 nitrogen and oxygen atoms in total. The highest BCUT2D eigenvalue weighted by molar-refractivity contribution is 8.00. The van der Waals surface area contributed by atoms with Crippen LogP contribution in [-0.2, 0) is 4.79 Å². The van der Waals surface area contributed by atoms with Crippen LogP contribution in [0.3, 0.4) is 0 Å². The molecule has 1 rings (SSSR count). The zero-order valence-electron chi connectivity index (χ0n) is 6.17. The number of rotatable bonds is 3. The molecule has 2 atom stereocenters. The molecule has 1 aliphatic rings. The lowest BCUT2D eigenvalue weighted by molar-refractivity contribution is -0.138. The van der Waals surface area contributed by atoms with Crippen molar-refractivity contribution in [1.29, 1.82) is 0 Å². The minimum Gasteiger partial charge on any atom is -0.480 e. The molecule has 0 amide bonds. The van der Waals surface area contributed by atoms with Crippen LogP contribution < -0.4 is 5.32 Å². The molecule has 1 fully saturated rings. The Morgan fingerprint density at radius 2 is 2.33 bits per heavy atom. The molecule has 6 heteroatoms. The molecule has 2 N–H and O–H groups in total. The van der Waals surface area contributed by atoms with Crippen molar-refractivity contribution in [3.05, 3.63) is 0 Å². The summed E-state index contributed by atoms with van der Waals surface area (Å²) in [4.78, 5) is 10.5. The number of aliphatic carboxylic acids is 1. The molecule has 0 spiro atoms. The first-order valence-electron chi connectivity index (χ1n) is 3.51. The van der Waals surface area contributed by atoms with Gasteiger partial charge in [-0.2, -0.15) is 8.78 Å². The highest BCUT2D eigenvalue weighted by Crippen LogP contribution is 2.28. The Morgan fingerprint density at radius 1 is 1.67 bits per heavy atom. The van der Waals surface area contributed by atoms with Crippen LogP contribution in [0, 0.1) is 0 Å². The summed E-state index contributed by atoms with van der Waals surface area (Å²) < 4.78 is 23.7. The summed E-state index contributed by atoms with van der Waals surface area (Å²) in [5, 5.41) is 10.7. The number of nitrogens with one attached hydrogen (secondary N) is 1. The van der Waals surface area contributed by atoms with E-state index in [4.69, 9.17) is 5.11 Å². The predicted molar refractivity (Wildman–Crippen MR) is 41.4 cm³/mol. The standard InChI is InChI=1S/C6H9F2NO2S/c7-6(8)12-3-1-2-9-4(3)5(10)11/h3-4,6,9H,1-2H2,(H,10,11)/t3-,4-/m0/s1. The van der Waals surface area contributed by atoms with E-state index in [1.165, 1.54) is 0 Å². The summed E-state index contributed by atoms with van der Waals surface area (Å²) in [5.74, 6) is -3.54. The van der Waals surface area contributed by atoms with Gasteiger partial charge in [0.1, 0.15) is 6.04 Å². The van der Waals surface area contributed by atoms with E-state index in [0.717, 1.165) is 0 Å². The molecule has 1 aliphatic heterocycles. The lowest BCUT2D eigenvalue weighted by Crippen LogP contribution is -2.37. The number of thioether (sulfide) groups is 1. The number of hydrogen-bond acceptors (Lipinski definition) is 3. The summed E-state index contributed by atoms with van der Waals surface area (Å²) in [6.07, 6.45) is 0.492. The molecule has 0 aliphatic carbocycles. The van der Waals surface area contributed by atoms with E-state index in [9.17, 15) is 13.6 Å². The Hall–Kier alpha value is -0.360. The fraction of sp³-hybridized carbons (Fsp3) is 0.833. The van der Waals surface area contributed by atoms with Crippen molar-refractivity contribution in [3.8, 4) is 0 Å². The summed E-state index contributed by atoms with van der Waals surface area (Å²) in [5.41, 5.74) is 0. The van der Waals surface area contributed by atoms with Gasteiger partial charge < -0.3 is 10.4 Å². The van der Waals surface area contributed by atoms with Gasteiger partial charge in [0.15, 0.2) is 0 Å². The SMILES string of the molecule is O=C(O)[C@H]1NCC[C@@H]1SC(F)F. The third-order valence-corrected chi connectivity index (χ3v) is 2.77. The second kappa shape index (κ2) is 4.04. The number of halogens is 2. The van der Waals surface area contributed by atoms with E-state index in [1.54, 1.807) is 0 Å². The third kappa shape index (κ3) is 2.31. The molecular weight excluding hydrogens is 188 g/mol. The Balaban J connectivity index is 2.46. The molecule has 1 saturated heterocycles. The van der Waals surface area contributed by atoms with Crippen LogP contribution >= 0.6 is 11.8 Å². The van der Waals surface area contributed by atoms with Gasteiger partial charge >= 0.3 is 5.97 Å². The van der Waals surface area contributed by atoms with Gasteiger partial charge in [-0.1, -0.05) is 11.8 Å². The quantitative estimate of drug-likeness (QED) is 0.701. The van der Waals surface area contributed by atoms with Gasteiger partial charge in [0.2, 0.25) is 0 Å². The molecule has 0 unspecified atom stereocenters. The number of hydrogen-bond donors (Lipinski definition) is 2. The largest absolute Gasteiger partial charge is 0.480 e. The first kappa shape index (κ1) is 9.73. The number of carbonyl (C=O) groups is 1. The van der Waals surface area contributed by atoms with Gasteiger partial charge in [-0.3, -0.25) is 4.79 Å². The minimum atomic E-state index is -2.49. The van der Waals surface area contributed by atoms with Crippen molar-refractivity contribution in [2.24, 2.45) is 0 Å². The average Bonchev–Trinajstić information content (AvgIpc) is 2.33. The molecule has 1 heterocycles. The molecular formula is C6H9F2NO2S. The van der Waals surface area contributed by atoms with Gasteiger partial charge in [-0.25, -0.2) is 0 Å². The van der Waals surface area contributed by atoms with E-state index < -0.39 is 23.0 Å². The lowest BCUT2D eigenvalue weighted by Gasteiger charge is -2.13. The van der Waals surface area contributed by atoms with E-state index in [0.29, 0.717) is 24.7 Å². The van der Waals surface area contributed by atoms with Crippen molar-refractivity contribution in [2.45, 2.75) is 23.5 Å². The average molecular weight is 197 g/mol. The van der Waals surface area contributed by atoms with E-state index in [-0.39, 0.29) is 0 Å². The second-order valence-electron chi connectivity index (χ2n) is 2.49. The maximum atomic E-state index is 11.9. The molecule has 0 saturated carbocycles. The second-order valence-corrected chi connectivity index (χ2v) is 3.73. The monoisotopic (exact) mass is 197 g/mol. The highest BCUT2D eigenvalue weighted by Gasteiger charge is 2.34. The van der Waals surface area contributed by atoms with Crippen LogP contribution in [0.15, 0.2) is 0 Å². The minimum absolute atomic E-state index is 0.422. The number of alkyl halides is 2. The van der Waals surface area contributed by atoms with Crippen molar-refractivity contribution in [2.75, 3.05) is 6.54 Å². The van der Waals surface area contributed by atoms with Crippen LogP contribution in [0.25, 0.3) is 0 Å². The Bertz CT molecular complexity index is 179. The number of carboxylic acid groups (broad SMARTS) is 1. The summed E-state index contributed by atoms with van der Waals surface area (Å²) >= 11 is 0.422. The lowest BCUT2D eigenvalue weighted by atomic mass is 10.2.